The van der Waals surface area contributed by atoms with Crippen LogP contribution in [0.5, 0.6) is 5.88 Å². The molecule has 3 aromatic rings. The lowest BCUT2D eigenvalue weighted by Crippen LogP contribution is -2.36. The van der Waals surface area contributed by atoms with Gasteiger partial charge in [0, 0.05) is 19.5 Å². The molecule has 1 amide bonds. The molecule has 0 aliphatic rings. The summed E-state index contributed by atoms with van der Waals surface area (Å²) in [7, 11) is 3.47. The average Bonchev–Trinajstić information content (AvgIpc) is 3.16. The molecule has 1 N–H and O–H groups in total. The Hall–Kier alpha value is -2.62. The molecule has 3 aromatic heterocycles. The molecule has 0 radical (unpaired) electrons. The van der Waals surface area contributed by atoms with Gasteiger partial charge in [0.1, 0.15) is 16.8 Å². The number of halogens is 1. The lowest BCUT2D eigenvalue weighted by molar-refractivity contribution is 0.0276. The number of nitrogens with zero attached hydrogens (tertiary/aromatic N) is 5. The van der Waals surface area contributed by atoms with Crippen LogP contribution in [0.2, 0.25) is 0 Å². The van der Waals surface area contributed by atoms with E-state index in [1.165, 1.54) is 4.90 Å². The van der Waals surface area contributed by atoms with Gasteiger partial charge in [-0.15, -0.1) is 0 Å². The van der Waals surface area contributed by atoms with Crippen molar-refractivity contribution in [2.24, 2.45) is 7.05 Å². The highest BCUT2D eigenvalue weighted by molar-refractivity contribution is 9.10. The molecule has 3 rings (SSSR count). The van der Waals surface area contributed by atoms with E-state index in [9.17, 15) is 4.79 Å². The van der Waals surface area contributed by atoms with Crippen LogP contribution in [0.1, 0.15) is 20.8 Å². The molecular weight excluding hydrogens is 428 g/mol. The van der Waals surface area contributed by atoms with Gasteiger partial charge in [0.25, 0.3) is 0 Å². The highest BCUT2D eigenvalue weighted by Crippen LogP contribution is 2.31. The summed E-state index contributed by atoms with van der Waals surface area (Å²) in [6.07, 6.45) is 3.03. The van der Waals surface area contributed by atoms with Crippen molar-refractivity contribution in [2.45, 2.75) is 26.4 Å². The number of H-pyrrole nitrogens is 1. The minimum atomic E-state index is -0.535. The fourth-order valence-corrected chi connectivity index (χ4v) is 2.93. The molecule has 10 heteroatoms. The lowest BCUT2D eigenvalue weighted by Gasteiger charge is -2.24. The van der Waals surface area contributed by atoms with Gasteiger partial charge in [-0.25, -0.2) is 9.48 Å². The van der Waals surface area contributed by atoms with Gasteiger partial charge >= 0.3 is 6.09 Å². The molecule has 0 atom stereocenters. The van der Waals surface area contributed by atoms with Crippen LogP contribution in [0.25, 0.3) is 22.2 Å². The number of fused-ring (bicyclic) bond motifs is 1. The molecule has 0 fully saturated rings. The van der Waals surface area contributed by atoms with E-state index in [1.807, 2.05) is 26.8 Å². The van der Waals surface area contributed by atoms with Crippen LogP contribution in [0.15, 0.2) is 23.1 Å². The fraction of sp³-hybridized carbons (Fsp3) is 0.444. The van der Waals surface area contributed by atoms with Gasteiger partial charge in [-0.3, -0.25) is 10.1 Å². The smallest absolute Gasteiger partial charge is 0.410 e. The molecule has 0 unspecified atom stereocenters. The van der Waals surface area contributed by atoms with Crippen molar-refractivity contribution < 1.29 is 14.3 Å². The number of pyridine rings is 1. The standard InChI is InChI=1S/C18H23BrN6O3/c1-18(2,3)28-17(26)24(4)6-7-27-16-12(9-21-25(16)5)13-8-11-14(10-20-13)22-23-15(11)19/h8-10H,6-7H2,1-5H3,(H,22,23). The monoisotopic (exact) mass is 450 g/mol. The van der Waals surface area contributed by atoms with Crippen molar-refractivity contribution in [3.8, 4) is 17.1 Å². The van der Waals surface area contributed by atoms with Gasteiger partial charge in [0.05, 0.1) is 35.7 Å². The molecule has 3 heterocycles. The van der Waals surface area contributed by atoms with Crippen LogP contribution in [0.4, 0.5) is 4.79 Å². The van der Waals surface area contributed by atoms with E-state index >= 15 is 0 Å². The number of amides is 1. The van der Waals surface area contributed by atoms with Crippen molar-refractivity contribution in [1.82, 2.24) is 29.9 Å². The second kappa shape index (κ2) is 7.78. The summed E-state index contributed by atoms with van der Waals surface area (Å²) in [4.78, 5) is 18.0. The summed E-state index contributed by atoms with van der Waals surface area (Å²) in [6.45, 7) is 6.16. The van der Waals surface area contributed by atoms with Gasteiger partial charge < -0.3 is 14.4 Å². The van der Waals surface area contributed by atoms with E-state index in [2.05, 4.69) is 36.2 Å². The summed E-state index contributed by atoms with van der Waals surface area (Å²) < 4.78 is 13.6. The topological polar surface area (TPSA) is 98.2 Å². The van der Waals surface area contributed by atoms with Crippen molar-refractivity contribution in [1.29, 1.82) is 0 Å². The molecule has 0 aromatic carbocycles. The highest BCUT2D eigenvalue weighted by Gasteiger charge is 2.20. The number of aromatic amines is 1. The van der Waals surface area contributed by atoms with Gasteiger partial charge in [-0.05, 0) is 42.8 Å². The quantitative estimate of drug-likeness (QED) is 0.639. The third kappa shape index (κ3) is 4.44. The summed E-state index contributed by atoms with van der Waals surface area (Å²) in [5, 5.41) is 12.2. The maximum Gasteiger partial charge on any atom is 0.410 e. The number of nitrogens with one attached hydrogen (secondary N) is 1. The molecule has 0 saturated carbocycles. The number of likely N-dealkylation sites (N-methyl/N-ethyl adjacent to an activating group) is 1. The first-order valence-electron chi connectivity index (χ1n) is 8.74. The number of hydrogen-bond acceptors (Lipinski definition) is 6. The zero-order valence-corrected chi connectivity index (χ0v) is 18.1. The Balaban J connectivity index is 1.71. The van der Waals surface area contributed by atoms with E-state index in [1.54, 1.807) is 31.2 Å². The van der Waals surface area contributed by atoms with E-state index in [4.69, 9.17) is 9.47 Å². The van der Waals surface area contributed by atoms with Crippen molar-refractivity contribution in [3.05, 3.63) is 23.1 Å². The molecule has 150 valence electrons. The van der Waals surface area contributed by atoms with Crippen LogP contribution in [0, 0.1) is 0 Å². The zero-order valence-electron chi connectivity index (χ0n) is 16.5. The predicted octanol–water partition coefficient (Wildman–Crippen LogP) is 3.37. The number of aromatic nitrogens is 5. The number of carbonyl (C=O) groups is 1. The molecule has 9 nitrogen and oxygen atoms in total. The van der Waals surface area contributed by atoms with Crippen molar-refractivity contribution >= 4 is 32.9 Å². The summed E-state index contributed by atoms with van der Waals surface area (Å²) in [6, 6.07) is 1.92. The molecule has 0 aliphatic heterocycles. The van der Waals surface area contributed by atoms with E-state index < -0.39 is 11.7 Å². The Morgan fingerprint density at radius 2 is 2.11 bits per heavy atom. The Labute approximate surface area is 171 Å². The average molecular weight is 451 g/mol. The second-order valence-electron chi connectivity index (χ2n) is 7.37. The lowest BCUT2D eigenvalue weighted by atomic mass is 10.2. The number of carbonyl (C=O) groups excluding carboxylic acids is 1. The Kier molecular flexibility index (Phi) is 5.59. The Morgan fingerprint density at radius 3 is 2.82 bits per heavy atom. The second-order valence-corrected chi connectivity index (χ2v) is 8.12. The maximum absolute atomic E-state index is 12.0. The number of rotatable bonds is 5. The van der Waals surface area contributed by atoms with Gasteiger partial charge in [-0.1, -0.05) is 0 Å². The van der Waals surface area contributed by atoms with Crippen LogP contribution < -0.4 is 4.74 Å². The predicted molar refractivity (Wildman–Crippen MR) is 108 cm³/mol. The minimum absolute atomic E-state index is 0.292. The zero-order chi connectivity index (χ0) is 20.5. The SMILES string of the molecule is CN(CCOc1c(-c2cc3c(Br)n[nH]c3cn2)cnn1C)C(=O)OC(C)(C)C. The molecule has 0 spiro atoms. The molecule has 28 heavy (non-hydrogen) atoms. The van der Waals surface area contributed by atoms with Crippen LogP contribution in [0.3, 0.4) is 0 Å². The molecule has 0 saturated heterocycles. The van der Waals surface area contributed by atoms with E-state index in [0.29, 0.717) is 19.0 Å². The minimum Gasteiger partial charge on any atom is -0.475 e. The van der Waals surface area contributed by atoms with Crippen molar-refractivity contribution in [2.75, 3.05) is 20.2 Å². The van der Waals surface area contributed by atoms with Crippen LogP contribution in [-0.2, 0) is 11.8 Å². The van der Waals surface area contributed by atoms with Gasteiger partial charge in [0.2, 0.25) is 5.88 Å². The first-order chi connectivity index (χ1) is 13.2. The largest absolute Gasteiger partial charge is 0.475 e. The van der Waals surface area contributed by atoms with Crippen LogP contribution in [-0.4, -0.2) is 61.8 Å². The van der Waals surface area contributed by atoms with E-state index in [-0.39, 0.29) is 0 Å². The highest BCUT2D eigenvalue weighted by atomic mass is 79.9. The number of aryl methyl sites for hydroxylation is 1. The number of hydrogen-bond donors (Lipinski definition) is 1. The molecule has 0 aliphatic carbocycles. The van der Waals surface area contributed by atoms with Crippen molar-refractivity contribution in [3.63, 3.8) is 0 Å². The number of ether oxygens (including phenoxy) is 2. The normalized spacial score (nSPS) is 11.6. The van der Waals surface area contributed by atoms with Gasteiger partial charge in [-0.2, -0.15) is 10.2 Å². The van der Waals surface area contributed by atoms with E-state index in [0.717, 1.165) is 26.8 Å². The summed E-state index contributed by atoms with van der Waals surface area (Å²) in [5.41, 5.74) is 1.78. The maximum atomic E-state index is 12.0. The first kappa shape index (κ1) is 20.1. The van der Waals surface area contributed by atoms with Crippen LogP contribution >= 0.6 is 15.9 Å². The Morgan fingerprint density at radius 1 is 1.36 bits per heavy atom. The molecular formula is C18H23BrN6O3. The summed E-state index contributed by atoms with van der Waals surface area (Å²) in [5.74, 6) is 0.573. The third-order valence-electron chi connectivity index (χ3n) is 3.93. The fourth-order valence-electron chi connectivity index (χ4n) is 2.52. The van der Waals surface area contributed by atoms with Gasteiger partial charge in [0.15, 0.2) is 0 Å². The summed E-state index contributed by atoms with van der Waals surface area (Å²) >= 11 is 3.42. The first-order valence-corrected chi connectivity index (χ1v) is 9.54. The Bertz CT molecular complexity index is 991. The molecule has 0 bridgehead atoms. The third-order valence-corrected chi connectivity index (χ3v) is 4.54.